The minimum absolute atomic E-state index is 0.00751. The molecule has 4 nitrogen and oxygen atoms in total. The van der Waals surface area contributed by atoms with Crippen LogP contribution in [0.2, 0.25) is 0 Å². The molecule has 1 aliphatic rings. The van der Waals surface area contributed by atoms with Gasteiger partial charge in [0.25, 0.3) is 0 Å². The van der Waals surface area contributed by atoms with Gasteiger partial charge in [-0.1, -0.05) is 35.9 Å². The smallest absolute Gasteiger partial charge is 0.335 e. The fourth-order valence-electron chi connectivity index (χ4n) is 2.54. The van der Waals surface area contributed by atoms with E-state index < -0.39 is 5.97 Å². The summed E-state index contributed by atoms with van der Waals surface area (Å²) in [4.78, 5) is 24.9. The lowest BCUT2D eigenvalue weighted by Gasteiger charge is -2.18. The number of amides is 1. The molecule has 1 N–H and O–H groups in total. The third-order valence-electron chi connectivity index (χ3n) is 3.73. The topological polar surface area (TPSA) is 57.6 Å². The maximum atomic E-state index is 12.2. The normalized spacial score (nSPS) is 13.4. The van der Waals surface area contributed by atoms with Crippen LogP contribution in [0.25, 0.3) is 0 Å². The molecule has 0 saturated carbocycles. The lowest BCUT2D eigenvalue weighted by Crippen LogP contribution is -2.26. The molecule has 0 spiro atoms. The summed E-state index contributed by atoms with van der Waals surface area (Å²) in [5, 5.41) is 9.09. The van der Waals surface area contributed by atoms with Crippen molar-refractivity contribution in [2.45, 2.75) is 19.9 Å². The number of nitrogens with zero attached hydrogens (tertiary/aromatic N) is 1. The van der Waals surface area contributed by atoms with Crippen LogP contribution in [-0.2, 0) is 17.8 Å². The number of rotatable bonds is 3. The first kappa shape index (κ1) is 13.4. The molecule has 3 rings (SSSR count). The van der Waals surface area contributed by atoms with Gasteiger partial charge in [0.2, 0.25) is 5.91 Å². The van der Waals surface area contributed by atoms with Crippen molar-refractivity contribution in [3.8, 4) is 0 Å². The predicted molar refractivity (Wildman–Crippen MR) is 79.5 cm³/mol. The summed E-state index contributed by atoms with van der Waals surface area (Å²) in [6.07, 6.45) is 0.334. The van der Waals surface area contributed by atoms with Crippen LogP contribution in [0.1, 0.15) is 27.0 Å². The highest BCUT2D eigenvalue weighted by molar-refractivity contribution is 6.02. The van der Waals surface area contributed by atoms with E-state index in [4.69, 9.17) is 5.11 Å². The number of fused-ring (bicyclic) bond motifs is 1. The number of aromatic carboxylic acids is 1. The van der Waals surface area contributed by atoms with E-state index in [1.54, 1.807) is 23.1 Å². The molecule has 2 aromatic carbocycles. The van der Waals surface area contributed by atoms with Crippen molar-refractivity contribution in [2.75, 3.05) is 4.90 Å². The molecule has 1 amide bonds. The van der Waals surface area contributed by atoms with Crippen molar-refractivity contribution in [2.24, 2.45) is 0 Å². The van der Waals surface area contributed by atoms with Crippen molar-refractivity contribution in [3.63, 3.8) is 0 Å². The molecular formula is C17H15NO3. The highest BCUT2D eigenvalue weighted by Crippen LogP contribution is 2.31. The van der Waals surface area contributed by atoms with Gasteiger partial charge in [-0.3, -0.25) is 4.79 Å². The molecule has 106 valence electrons. The maximum absolute atomic E-state index is 12.2. The van der Waals surface area contributed by atoms with Crippen molar-refractivity contribution < 1.29 is 14.7 Å². The van der Waals surface area contributed by atoms with Crippen molar-refractivity contribution in [3.05, 3.63) is 64.7 Å². The van der Waals surface area contributed by atoms with Gasteiger partial charge in [-0.15, -0.1) is 0 Å². The number of hydrogen-bond acceptors (Lipinski definition) is 2. The lowest BCUT2D eigenvalue weighted by atomic mass is 10.1. The molecule has 0 aromatic heterocycles. The first-order valence-electron chi connectivity index (χ1n) is 6.77. The van der Waals surface area contributed by atoms with E-state index in [0.29, 0.717) is 18.7 Å². The van der Waals surface area contributed by atoms with Crippen molar-refractivity contribution in [1.82, 2.24) is 0 Å². The Balaban J connectivity index is 1.93. The Bertz CT molecular complexity index is 719. The van der Waals surface area contributed by atoms with Crippen LogP contribution in [0.15, 0.2) is 42.5 Å². The number of carboxylic acid groups (broad SMARTS) is 1. The number of anilines is 1. The van der Waals surface area contributed by atoms with Crippen LogP contribution < -0.4 is 4.90 Å². The molecule has 0 atom stereocenters. The summed E-state index contributed by atoms with van der Waals surface area (Å²) < 4.78 is 0. The second-order valence-corrected chi connectivity index (χ2v) is 5.29. The second-order valence-electron chi connectivity index (χ2n) is 5.29. The van der Waals surface area contributed by atoms with Crippen molar-refractivity contribution >= 4 is 17.6 Å². The lowest BCUT2D eigenvalue weighted by molar-refractivity contribution is -0.117. The molecule has 0 aliphatic carbocycles. The van der Waals surface area contributed by atoms with Crippen LogP contribution in [0.4, 0.5) is 5.69 Å². The first-order valence-corrected chi connectivity index (χ1v) is 6.77. The molecule has 0 radical (unpaired) electrons. The number of aryl methyl sites for hydroxylation is 1. The van der Waals surface area contributed by atoms with E-state index in [1.807, 2.05) is 31.2 Å². The Labute approximate surface area is 122 Å². The molecule has 1 heterocycles. The average Bonchev–Trinajstić information content (AvgIpc) is 2.77. The maximum Gasteiger partial charge on any atom is 0.335 e. The fraction of sp³-hybridized carbons (Fsp3) is 0.176. The van der Waals surface area contributed by atoms with E-state index in [-0.39, 0.29) is 11.5 Å². The fourth-order valence-corrected chi connectivity index (χ4v) is 2.54. The molecule has 0 bridgehead atoms. The predicted octanol–water partition coefficient (Wildman–Crippen LogP) is 2.78. The van der Waals surface area contributed by atoms with Gasteiger partial charge in [0, 0.05) is 5.69 Å². The molecular weight excluding hydrogens is 266 g/mol. The highest BCUT2D eigenvalue weighted by atomic mass is 16.4. The standard InChI is InChI=1S/C17H15NO3/c1-11-2-4-12(5-3-11)10-18-15-8-14(17(20)21)7-6-13(15)9-16(18)19/h2-8H,9-10H2,1H3,(H,20,21). The molecule has 0 saturated heterocycles. The van der Waals surface area contributed by atoms with Crippen LogP contribution >= 0.6 is 0 Å². The molecule has 0 unspecified atom stereocenters. The van der Waals surface area contributed by atoms with Gasteiger partial charge in [-0.05, 0) is 30.2 Å². The summed E-state index contributed by atoms with van der Waals surface area (Å²) in [6, 6.07) is 12.8. The molecule has 4 heteroatoms. The van der Waals surface area contributed by atoms with E-state index in [1.165, 1.54) is 5.56 Å². The number of carbonyl (C=O) groups is 2. The largest absolute Gasteiger partial charge is 0.478 e. The summed E-state index contributed by atoms with van der Waals surface area (Å²) in [5.74, 6) is -0.972. The Morgan fingerprint density at radius 1 is 1.19 bits per heavy atom. The highest BCUT2D eigenvalue weighted by Gasteiger charge is 2.28. The van der Waals surface area contributed by atoms with Crippen LogP contribution in [0.5, 0.6) is 0 Å². The molecule has 0 fully saturated rings. The Kier molecular flexibility index (Phi) is 3.22. The number of carboxylic acids is 1. The Morgan fingerprint density at radius 2 is 1.90 bits per heavy atom. The average molecular weight is 281 g/mol. The molecule has 1 aliphatic heterocycles. The van der Waals surface area contributed by atoms with Crippen LogP contribution in [0, 0.1) is 6.92 Å². The monoisotopic (exact) mass is 281 g/mol. The van der Waals surface area contributed by atoms with Gasteiger partial charge >= 0.3 is 5.97 Å². The van der Waals surface area contributed by atoms with Crippen LogP contribution in [-0.4, -0.2) is 17.0 Å². The van der Waals surface area contributed by atoms with E-state index in [0.717, 1.165) is 11.1 Å². The third-order valence-corrected chi connectivity index (χ3v) is 3.73. The minimum Gasteiger partial charge on any atom is -0.478 e. The zero-order valence-electron chi connectivity index (χ0n) is 11.7. The molecule has 2 aromatic rings. The Hall–Kier alpha value is -2.62. The Morgan fingerprint density at radius 3 is 2.57 bits per heavy atom. The summed E-state index contributed by atoms with van der Waals surface area (Å²) in [5.41, 5.74) is 4.00. The molecule has 21 heavy (non-hydrogen) atoms. The van der Waals surface area contributed by atoms with Crippen molar-refractivity contribution in [1.29, 1.82) is 0 Å². The van der Waals surface area contributed by atoms with E-state index >= 15 is 0 Å². The summed E-state index contributed by atoms with van der Waals surface area (Å²) >= 11 is 0. The quantitative estimate of drug-likeness (QED) is 0.941. The SMILES string of the molecule is Cc1ccc(CN2C(=O)Cc3ccc(C(=O)O)cc32)cc1. The third kappa shape index (κ3) is 2.52. The van der Waals surface area contributed by atoms with Gasteiger partial charge in [0.1, 0.15) is 0 Å². The van der Waals surface area contributed by atoms with E-state index in [2.05, 4.69) is 0 Å². The zero-order chi connectivity index (χ0) is 15.0. The van der Waals surface area contributed by atoms with Gasteiger partial charge in [0.15, 0.2) is 0 Å². The van der Waals surface area contributed by atoms with E-state index in [9.17, 15) is 9.59 Å². The van der Waals surface area contributed by atoms with Gasteiger partial charge in [-0.25, -0.2) is 4.79 Å². The van der Waals surface area contributed by atoms with Gasteiger partial charge in [0.05, 0.1) is 18.5 Å². The minimum atomic E-state index is -0.979. The summed E-state index contributed by atoms with van der Waals surface area (Å²) in [7, 11) is 0. The number of benzene rings is 2. The van der Waals surface area contributed by atoms with Gasteiger partial charge in [-0.2, -0.15) is 0 Å². The van der Waals surface area contributed by atoms with Crippen LogP contribution in [0.3, 0.4) is 0 Å². The number of hydrogen-bond donors (Lipinski definition) is 1. The summed E-state index contributed by atoms with van der Waals surface area (Å²) in [6.45, 7) is 2.48. The second kappa shape index (κ2) is 5.05. The van der Waals surface area contributed by atoms with Gasteiger partial charge < -0.3 is 10.0 Å². The number of carbonyl (C=O) groups excluding carboxylic acids is 1. The zero-order valence-corrected chi connectivity index (χ0v) is 11.7. The first-order chi connectivity index (χ1) is 10.0.